The molecule has 27 heavy (non-hydrogen) atoms. The standard InChI is InChI=1S/C21H24BrN3O2/c1-12-18(23-13(2)20(12)19(26)6-5-9-25(3)4)11-16-15-10-14(22)7-8-17(15)24-21(16)27/h7-8,10-11,23H,5-6,9H2,1-4H3,(H,24,27)/b16-11-. The van der Waals surface area contributed by atoms with Crippen molar-refractivity contribution in [2.75, 3.05) is 26.0 Å². The lowest BCUT2D eigenvalue weighted by Crippen LogP contribution is -2.14. The molecule has 0 atom stereocenters. The van der Waals surface area contributed by atoms with Crippen LogP contribution in [0.15, 0.2) is 22.7 Å². The van der Waals surface area contributed by atoms with Crippen molar-refractivity contribution in [2.24, 2.45) is 0 Å². The summed E-state index contributed by atoms with van der Waals surface area (Å²) in [4.78, 5) is 30.5. The third kappa shape index (κ3) is 4.06. The van der Waals surface area contributed by atoms with Crippen LogP contribution in [-0.4, -0.2) is 42.2 Å². The second-order valence-corrected chi connectivity index (χ2v) is 8.11. The number of carbonyl (C=O) groups excluding carboxylic acids is 2. The average molecular weight is 430 g/mol. The number of fused-ring (bicyclic) bond motifs is 1. The summed E-state index contributed by atoms with van der Waals surface area (Å²) in [6.45, 7) is 4.73. The van der Waals surface area contributed by atoms with Gasteiger partial charge in [-0.1, -0.05) is 15.9 Å². The third-order valence-corrected chi connectivity index (χ3v) is 5.31. The van der Waals surface area contributed by atoms with Crippen LogP contribution < -0.4 is 5.32 Å². The largest absolute Gasteiger partial charge is 0.358 e. The predicted octanol–water partition coefficient (Wildman–Crippen LogP) is 4.41. The zero-order valence-electron chi connectivity index (χ0n) is 16.1. The van der Waals surface area contributed by atoms with Gasteiger partial charge in [0.15, 0.2) is 5.78 Å². The number of ketones is 1. The molecule has 1 aromatic heterocycles. The van der Waals surface area contributed by atoms with Crippen LogP contribution in [0.1, 0.15) is 45.7 Å². The maximum Gasteiger partial charge on any atom is 0.256 e. The van der Waals surface area contributed by atoms with E-state index in [1.54, 1.807) is 0 Å². The molecule has 0 saturated heterocycles. The van der Waals surface area contributed by atoms with Crippen LogP contribution in [0.4, 0.5) is 5.69 Å². The van der Waals surface area contributed by atoms with Crippen molar-refractivity contribution in [3.8, 4) is 0 Å². The Morgan fingerprint density at radius 3 is 2.70 bits per heavy atom. The maximum atomic E-state index is 12.7. The van der Waals surface area contributed by atoms with Gasteiger partial charge in [-0.05, 0) is 70.7 Å². The van der Waals surface area contributed by atoms with Crippen molar-refractivity contribution in [2.45, 2.75) is 26.7 Å². The molecule has 1 aliphatic rings. The normalized spacial score (nSPS) is 14.7. The molecule has 2 heterocycles. The topological polar surface area (TPSA) is 65.2 Å². The Morgan fingerprint density at radius 1 is 1.26 bits per heavy atom. The number of anilines is 1. The molecule has 0 radical (unpaired) electrons. The molecule has 0 bridgehead atoms. The number of carbonyl (C=O) groups is 2. The Morgan fingerprint density at radius 2 is 2.00 bits per heavy atom. The van der Waals surface area contributed by atoms with Crippen LogP contribution >= 0.6 is 15.9 Å². The van der Waals surface area contributed by atoms with Gasteiger partial charge in [0.05, 0.1) is 5.57 Å². The van der Waals surface area contributed by atoms with E-state index in [1.165, 1.54) is 0 Å². The molecule has 0 fully saturated rings. The maximum absolute atomic E-state index is 12.7. The molecule has 3 rings (SSSR count). The molecule has 1 aliphatic heterocycles. The van der Waals surface area contributed by atoms with Crippen LogP contribution in [-0.2, 0) is 4.79 Å². The van der Waals surface area contributed by atoms with E-state index in [0.717, 1.165) is 51.2 Å². The van der Waals surface area contributed by atoms with E-state index in [0.29, 0.717) is 12.0 Å². The molecule has 6 heteroatoms. The molecule has 0 spiro atoms. The van der Waals surface area contributed by atoms with E-state index in [2.05, 4.69) is 31.1 Å². The number of H-pyrrole nitrogens is 1. The van der Waals surface area contributed by atoms with E-state index >= 15 is 0 Å². The fraction of sp³-hybridized carbons (Fsp3) is 0.333. The quantitative estimate of drug-likeness (QED) is 0.527. The Bertz CT molecular complexity index is 941. The summed E-state index contributed by atoms with van der Waals surface area (Å²) < 4.78 is 0.916. The van der Waals surface area contributed by atoms with Crippen LogP contribution in [0, 0.1) is 13.8 Å². The number of hydrogen-bond donors (Lipinski definition) is 2. The molecular formula is C21H24BrN3O2. The SMILES string of the molecule is Cc1[nH]c(/C=C2\C(=O)Nc3ccc(Br)cc32)c(C)c1C(=O)CCCN(C)C. The number of nitrogens with zero attached hydrogens (tertiary/aromatic N) is 1. The molecule has 1 aromatic carbocycles. The van der Waals surface area contributed by atoms with Gasteiger partial charge in [-0.25, -0.2) is 0 Å². The Labute approximate surface area is 168 Å². The van der Waals surface area contributed by atoms with Gasteiger partial charge in [0.1, 0.15) is 0 Å². The van der Waals surface area contributed by atoms with Crippen LogP contribution in [0.5, 0.6) is 0 Å². The van der Waals surface area contributed by atoms with Gasteiger partial charge in [0.25, 0.3) is 5.91 Å². The van der Waals surface area contributed by atoms with Crippen molar-refractivity contribution in [1.29, 1.82) is 0 Å². The number of halogens is 1. The highest BCUT2D eigenvalue weighted by molar-refractivity contribution is 9.10. The molecule has 0 unspecified atom stereocenters. The van der Waals surface area contributed by atoms with Crippen molar-refractivity contribution in [3.05, 3.63) is 50.8 Å². The van der Waals surface area contributed by atoms with Gasteiger partial charge >= 0.3 is 0 Å². The first-order valence-electron chi connectivity index (χ1n) is 8.98. The minimum atomic E-state index is -0.131. The highest BCUT2D eigenvalue weighted by Gasteiger charge is 2.25. The monoisotopic (exact) mass is 429 g/mol. The number of nitrogens with one attached hydrogen (secondary N) is 2. The number of benzene rings is 1. The molecule has 2 N–H and O–H groups in total. The lowest BCUT2D eigenvalue weighted by Gasteiger charge is -2.08. The first-order chi connectivity index (χ1) is 12.8. The van der Waals surface area contributed by atoms with Crippen molar-refractivity contribution < 1.29 is 9.59 Å². The zero-order chi connectivity index (χ0) is 19.7. The van der Waals surface area contributed by atoms with Gasteiger partial charge in [0.2, 0.25) is 0 Å². The van der Waals surface area contributed by atoms with E-state index in [1.807, 2.05) is 52.2 Å². The number of hydrogen-bond acceptors (Lipinski definition) is 3. The number of rotatable bonds is 6. The third-order valence-electron chi connectivity index (χ3n) is 4.82. The van der Waals surface area contributed by atoms with Crippen LogP contribution in [0.2, 0.25) is 0 Å². The van der Waals surface area contributed by atoms with Crippen molar-refractivity contribution >= 4 is 45.0 Å². The average Bonchev–Trinajstić information content (AvgIpc) is 3.04. The molecule has 1 amide bonds. The molecule has 5 nitrogen and oxygen atoms in total. The predicted molar refractivity (Wildman–Crippen MR) is 113 cm³/mol. The van der Waals surface area contributed by atoms with Gasteiger partial charge in [-0.15, -0.1) is 0 Å². The van der Waals surface area contributed by atoms with Crippen LogP contribution in [0.3, 0.4) is 0 Å². The summed E-state index contributed by atoms with van der Waals surface area (Å²) in [5.41, 5.74) is 5.56. The number of Topliss-reactive ketones (excluding diaryl/α,β-unsaturated/α-hetero) is 1. The summed E-state index contributed by atoms with van der Waals surface area (Å²) in [6, 6.07) is 5.71. The molecule has 2 aromatic rings. The second kappa shape index (κ2) is 7.82. The minimum Gasteiger partial charge on any atom is -0.358 e. The van der Waals surface area contributed by atoms with E-state index < -0.39 is 0 Å². The highest BCUT2D eigenvalue weighted by atomic mass is 79.9. The summed E-state index contributed by atoms with van der Waals surface area (Å²) in [7, 11) is 4.01. The summed E-state index contributed by atoms with van der Waals surface area (Å²) in [5.74, 6) is 0.0142. The number of aromatic amines is 1. The van der Waals surface area contributed by atoms with Crippen molar-refractivity contribution in [3.63, 3.8) is 0 Å². The lowest BCUT2D eigenvalue weighted by atomic mass is 10.0. The first kappa shape index (κ1) is 19.6. The fourth-order valence-electron chi connectivity index (χ4n) is 3.47. The lowest BCUT2D eigenvalue weighted by molar-refractivity contribution is -0.110. The minimum absolute atomic E-state index is 0.131. The molecular weight excluding hydrogens is 406 g/mol. The fourth-order valence-corrected chi connectivity index (χ4v) is 3.83. The number of aromatic nitrogens is 1. The van der Waals surface area contributed by atoms with Gasteiger partial charge < -0.3 is 15.2 Å². The highest BCUT2D eigenvalue weighted by Crippen LogP contribution is 2.35. The number of aryl methyl sites for hydroxylation is 1. The second-order valence-electron chi connectivity index (χ2n) is 7.20. The Hall–Kier alpha value is -2.18. The van der Waals surface area contributed by atoms with Gasteiger partial charge in [-0.2, -0.15) is 0 Å². The van der Waals surface area contributed by atoms with Crippen molar-refractivity contribution in [1.82, 2.24) is 9.88 Å². The van der Waals surface area contributed by atoms with Gasteiger partial charge in [-0.3, -0.25) is 9.59 Å². The van der Waals surface area contributed by atoms with E-state index in [9.17, 15) is 9.59 Å². The molecule has 142 valence electrons. The van der Waals surface area contributed by atoms with Crippen LogP contribution in [0.25, 0.3) is 11.6 Å². The van der Waals surface area contributed by atoms with E-state index in [-0.39, 0.29) is 11.7 Å². The Balaban J connectivity index is 1.91. The zero-order valence-corrected chi connectivity index (χ0v) is 17.7. The number of amides is 1. The van der Waals surface area contributed by atoms with Gasteiger partial charge in [0, 0.05) is 39.1 Å². The summed E-state index contributed by atoms with van der Waals surface area (Å²) in [6.07, 6.45) is 3.19. The molecule has 0 aliphatic carbocycles. The summed E-state index contributed by atoms with van der Waals surface area (Å²) >= 11 is 3.46. The molecule has 0 saturated carbocycles. The van der Waals surface area contributed by atoms with E-state index in [4.69, 9.17) is 0 Å². The Kier molecular flexibility index (Phi) is 5.67. The summed E-state index contributed by atoms with van der Waals surface area (Å²) in [5, 5.41) is 2.88. The first-order valence-corrected chi connectivity index (χ1v) is 9.77. The smallest absolute Gasteiger partial charge is 0.256 e.